The van der Waals surface area contributed by atoms with E-state index in [0.29, 0.717) is 6.42 Å². The van der Waals surface area contributed by atoms with Gasteiger partial charge in [0.1, 0.15) is 11.6 Å². The second-order valence-corrected chi connectivity index (χ2v) is 5.20. The molecule has 0 amide bonds. The molecule has 0 fully saturated rings. The van der Waals surface area contributed by atoms with E-state index in [9.17, 15) is 13.6 Å². The van der Waals surface area contributed by atoms with Gasteiger partial charge in [-0.15, -0.1) is 0 Å². The van der Waals surface area contributed by atoms with Crippen molar-refractivity contribution in [2.45, 2.75) is 18.3 Å². The number of Topliss-reactive ketones (excluding diaryl/α,β-unsaturated/α-hetero) is 1. The molecule has 0 heterocycles. The first-order chi connectivity index (χ1) is 10.1. The van der Waals surface area contributed by atoms with Crippen LogP contribution in [-0.2, 0) is 4.79 Å². The van der Waals surface area contributed by atoms with Gasteiger partial charge in [0.25, 0.3) is 0 Å². The first-order valence-corrected chi connectivity index (χ1v) is 6.86. The average Bonchev–Trinajstić information content (AvgIpc) is 2.50. The maximum Gasteiger partial charge on any atom is 0.151 e. The molecule has 0 spiro atoms. The lowest BCUT2D eigenvalue weighted by molar-refractivity contribution is -0.121. The number of allylic oxidation sites excluding steroid dienone is 2. The lowest BCUT2D eigenvalue weighted by atomic mass is 9.78. The number of carbonyl (C=O) groups excluding carboxylic acids is 1. The summed E-state index contributed by atoms with van der Waals surface area (Å²) in [6.07, 6.45) is 4.43. The minimum atomic E-state index is -0.366. The van der Waals surface area contributed by atoms with Crippen LogP contribution in [0.3, 0.4) is 0 Å². The zero-order chi connectivity index (χ0) is 14.8. The molecule has 1 aliphatic rings. The third-order valence-corrected chi connectivity index (χ3v) is 3.85. The van der Waals surface area contributed by atoms with E-state index in [4.69, 9.17) is 0 Å². The van der Waals surface area contributed by atoms with Gasteiger partial charge in [-0.05, 0) is 41.8 Å². The van der Waals surface area contributed by atoms with Crippen molar-refractivity contribution in [2.24, 2.45) is 0 Å². The van der Waals surface area contributed by atoms with Crippen LogP contribution in [0.5, 0.6) is 0 Å². The van der Waals surface area contributed by atoms with E-state index in [1.807, 2.05) is 12.2 Å². The first-order valence-electron chi connectivity index (χ1n) is 6.86. The predicted molar refractivity (Wildman–Crippen MR) is 77.0 cm³/mol. The van der Waals surface area contributed by atoms with Crippen LogP contribution in [0.4, 0.5) is 8.78 Å². The maximum absolute atomic E-state index is 13.0. The molecule has 2 aromatic rings. The van der Waals surface area contributed by atoms with Crippen LogP contribution in [0.25, 0.3) is 0 Å². The van der Waals surface area contributed by atoms with Crippen molar-refractivity contribution >= 4 is 5.78 Å². The Morgan fingerprint density at radius 2 is 1.33 bits per heavy atom. The second kappa shape index (κ2) is 5.60. The van der Waals surface area contributed by atoms with Crippen LogP contribution in [0, 0.1) is 11.6 Å². The van der Waals surface area contributed by atoms with Gasteiger partial charge in [0.05, 0.1) is 5.92 Å². The highest BCUT2D eigenvalue weighted by Crippen LogP contribution is 2.34. The van der Waals surface area contributed by atoms with Gasteiger partial charge in [0.15, 0.2) is 5.78 Å². The molecule has 2 unspecified atom stereocenters. The highest BCUT2D eigenvalue weighted by molar-refractivity contribution is 5.94. The minimum Gasteiger partial charge on any atom is -0.298 e. The van der Waals surface area contributed by atoms with Crippen molar-refractivity contribution in [2.75, 3.05) is 0 Å². The summed E-state index contributed by atoms with van der Waals surface area (Å²) >= 11 is 0. The molecule has 0 saturated heterocycles. The molecule has 106 valence electrons. The summed E-state index contributed by atoms with van der Waals surface area (Å²) in [4.78, 5) is 12.7. The van der Waals surface area contributed by atoms with E-state index in [-0.39, 0.29) is 29.3 Å². The first kappa shape index (κ1) is 13.7. The smallest absolute Gasteiger partial charge is 0.151 e. The molecular formula is C18H14F2O. The average molecular weight is 284 g/mol. The lowest BCUT2D eigenvalue weighted by Gasteiger charge is -2.24. The zero-order valence-electron chi connectivity index (χ0n) is 11.3. The molecule has 3 rings (SSSR count). The number of hydrogen-bond acceptors (Lipinski definition) is 1. The molecule has 0 bridgehead atoms. The van der Waals surface area contributed by atoms with Crippen LogP contribution in [0.2, 0.25) is 0 Å². The minimum absolute atomic E-state index is 0.0655. The summed E-state index contributed by atoms with van der Waals surface area (Å²) in [5.74, 6) is -1.20. The molecule has 1 nitrogen and oxygen atoms in total. The quantitative estimate of drug-likeness (QED) is 0.749. The fourth-order valence-corrected chi connectivity index (χ4v) is 2.72. The Kier molecular flexibility index (Phi) is 3.65. The van der Waals surface area contributed by atoms with Crippen molar-refractivity contribution < 1.29 is 13.6 Å². The Morgan fingerprint density at radius 1 is 0.810 bits per heavy atom. The van der Waals surface area contributed by atoms with Crippen molar-refractivity contribution in [3.05, 3.63) is 83.4 Å². The number of benzene rings is 2. The van der Waals surface area contributed by atoms with Gasteiger partial charge in [-0.2, -0.15) is 0 Å². The molecule has 1 aliphatic carbocycles. The number of ketones is 1. The van der Waals surface area contributed by atoms with E-state index < -0.39 is 0 Å². The topological polar surface area (TPSA) is 17.1 Å². The fraction of sp³-hybridized carbons (Fsp3) is 0.167. The van der Waals surface area contributed by atoms with Gasteiger partial charge >= 0.3 is 0 Å². The summed E-state index contributed by atoms with van der Waals surface area (Å²) in [7, 11) is 0. The number of halogens is 2. The van der Waals surface area contributed by atoms with Gasteiger partial charge in [-0.3, -0.25) is 4.79 Å². The Balaban J connectivity index is 1.90. The molecule has 21 heavy (non-hydrogen) atoms. The van der Waals surface area contributed by atoms with Gasteiger partial charge in [-0.25, -0.2) is 8.78 Å². The van der Waals surface area contributed by atoms with E-state index in [2.05, 4.69) is 0 Å². The molecule has 0 aliphatic heterocycles. The molecule has 0 N–H and O–H groups in total. The standard InChI is InChI=1S/C18H14F2O/c19-14-8-4-12(5-9-14)16-2-1-3-17(18(16)21)13-6-10-15(20)11-7-13/h1-2,4-11,16-17H,3H2. The monoisotopic (exact) mass is 284 g/mol. The Bertz CT molecular complexity index is 671. The zero-order valence-corrected chi connectivity index (χ0v) is 11.3. The summed E-state index contributed by atoms with van der Waals surface area (Å²) < 4.78 is 26.0. The van der Waals surface area contributed by atoms with Crippen LogP contribution in [0.15, 0.2) is 60.7 Å². The molecular weight excluding hydrogens is 270 g/mol. The molecule has 2 atom stereocenters. The molecule has 2 aromatic carbocycles. The molecule has 0 saturated carbocycles. The molecule has 3 heteroatoms. The second-order valence-electron chi connectivity index (χ2n) is 5.20. The summed E-state index contributed by atoms with van der Waals surface area (Å²) in [5, 5.41) is 0. The third-order valence-electron chi connectivity index (χ3n) is 3.85. The number of hydrogen-bond donors (Lipinski definition) is 0. The lowest BCUT2D eigenvalue weighted by Crippen LogP contribution is -2.22. The van der Waals surface area contributed by atoms with E-state index in [1.54, 1.807) is 24.3 Å². The summed E-state index contributed by atoms with van der Waals surface area (Å²) in [6.45, 7) is 0. The van der Waals surface area contributed by atoms with Crippen molar-refractivity contribution in [3.63, 3.8) is 0 Å². The van der Waals surface area contributed by atoms with E-state index in [0.717, 1.165) is 11.1 Å². The van der Waals surface area contributed by atoms with E-state index >= 15 is 0 Å². The van der Waals surface area contributed by atoms with E-state index in [1.165, 1.54) is 24.3 Å². The Hall–Kier alpha value is -2.29. The van der Waals surface area contributed by atoms with Crippen molar-refractivity contribution in [1.82, 2.24) is 0 Å². The number of carbonyl (C=O) groups is 1. The van der Waals surface area contributed by atoms with Gasteiger partial charge < -0.3 is 0 Å². The SMILES string of the molecule is O=C1C(c2ccc(F)cc2)C=CCC1c1ccc(F)cc1. The summed E-state index contributed by atoms with van der Waals surface area (Å²) in [5.41, 5.74) is 1.60. The van der Waals surface area contributed by atoms with Crippen molar-refractivity contribution in [3.8, 4) is 0 Å². The summed E-state index contributed by atoms with van der Waals surface area (Å²) in [6, 6.07) is 12.0. The Morgan fingerprint density at radius 3 is 1.90 bits per heavy atom. The highest BCUT2D eigenvalue weighted by Gasteiger charge is 2.30. The van der Waals surface area contributed by atoms with Crippen LogP contribution >= 0.6 is 0 Å². The van der Waals surface area contributed by atoms with Crippen LogP contribution in [-0.4, -0.2) is 5.78 Å². The molecule has 0 radical (unpaired) electrons. The van der Waals surface area contributed by atoms with Crippen molar-refractivity contribution in [1.29, 1.82) is 0 Å². The molecule has 0 aromatic heterocycles. The number of rotatable bonds is 2. The van der Waals surface area contributed by atoms with Gasteiger partial charge in [0, 0.05) is 5.92 Å². The third kappa shape index (κ3) is 2.77. The maximum atomic E-state index is 13.0. The van der Waals surface area contributed by atoms with Gasteiger partial charge in [0.2, 0.25) is 0 Å². The largest absolute Gasteiger partial charge is 0.298 e. The highest BCUT2D eigenvalue weighted by atomic mass is 19.1. The Labute approximate surface area is 121 Å². The van der Waals surface area contributed by atoms with Crippen LogP contribution < -0.4 is 0 Å². The van der Waals surface area contributed by atoms with Crippen LogP contribution in [0.1, 0.15) is 29.4 Å². The predicted octanol–water partition coefficient (Wildman–Crippen LogP) is 4.36. The van der Waals surface area contributed by atoms with Gasteiger partial charge in [-0.1, -0.05) is 36.4 Å². The fourth-order valence-electron chi connectivity index (χ4n) is 2.72. The normalized spacial score (nSPS) is 21.5.